The fraction of sp³-hybridized carbons (Fsp3) is 0.100. The first kappa shape index (κ1) is 16.1. The van der Waals surface area contributed by atoms with Crippen molar-refractivity contribution in [2.75, 3.05) is 11.9 Å². The summed E-state index contributed by atoms with van der Waals surface area (Å²) in [7, 11) is 0. The van der Waals surface area contributed by atoms with E-state index in [1.807, 2.05) is 48.5 Å². The van der Waals surface area contributed by atoms with Crippen LogP contribution in [0.3, 0.4) is 0 Å². The van der Waals surface area contributed by atoms with Gasteiger partial charge in [-0.2, -0.15) is 0 Å². The van der Waals surface area contributed by atoms with Crippen LogP contribution >= 0.6 is 0 Å². The molecule has 4 aromatic rings. The van der Waals surface area contributed by atoms with Crippen LogP contribution in [0.4, 0.5) is 5.69 Å². The molecule has 6 heteroatoms. The van der Waals surface area contributed by atoms with Crippen LogP contribution in [-0.2, 0) is 11.3 Å². The highest BCUT2D eigenvalue weighted by Crippen LogP contribution is 2.29. The summed E-state index contributed by atoms with van der Waals surface area (Å²) in [5.74, 6) is -0.116. The van der Waals surface area contributed by atoms with Gasteiger partial charge in [0.1, 0.15) is 0 Å². The number of pyridine rings is 3. The number of hydrogen-bond donors (Lipinski definition) is 2. The number of anilines is 1. The van der Waals surface area contributed by atoms with Crippen LogP contribution in [0.5, 0.6) is 0 Å². The van der Waals surface area contributed by atoms with E-state index in [1.165, 1.54) is 0 Å². The number of rotatable bonds is 5. The zero-order valence-corrected chi connectivity index (χ0v) is 14.0. The summed E-state index contributed by atoms with van der Waals surface area (Å²) >= 11 is 0. The van der Waals surface area contributed by atoms with Gasteiger partial charge in [-0.3, -0.25) is 19.7 Å². The lowest BCUT2D eigenvalue weighted by atomic mass is 10.1. The molecule has 3 aromatic heterocycles. The Kier molecular flexibility index (Phi) is 4.49. The molecule has 0 aliphatic rings. The topological polar surface area (TPSA) is 79.8 Å². The Morgan fingerprint density at radius 1 is 0.885 bits per heavy atom. The quantitative estimate of drug-likeness (QED) is 0.545. The summed E-state index contributed by atoms with van der Waals surface area (Å²) in [6.07, 6.45) is 5.21. The molecule has 1 aromatic carbocycles. The first-order valence-electron chi connectivity index (χ1n) is 8.34. The zero-order valence-electron chi connectivity index (χ0n) is 14.0. The van der Waals surface area contributed by atoms with E-state index in [-0.39, 0.29) is 12.5 Å². The largest absolute Gasteiger partial charge is 0.324 e. The lowest BCUT2D eigenvalue weighted by Gasteiger charge is -2.11. The third kappa shape index (κ3) is 3.36. The number of carbonyl (C=O) groups is 1. The Balaban J connectivity index is 1.53. The van der Waals surface area contributed by atoms with Gasteiger partial charge in [-0.25, -0.2) is 0 Å². The van der Waals surface area contributed by atoms with Crippen LogP contribution in [0.2, 0.25) is 0 Å². The van der Waals surface area contributed by atoms with Crippen molar-refractivity contribution in [2.24, 2.45) is 0 Å². The molecule has 128 valence electrons. The average molecular weight is 343 g/mol. The van der Waals surface area contributed by atoms with E-state index in [0.29, 0.717) is 6.54 Å². The standard InChI is InChI=1S/C20H17N5O/c26-18(13-21-12-15-6-1-2-8-22-15)25-17-11-14-5-3-9-23-19(14)20-16(17)7-4-10-24-20/h1-11,21H,12-13H2,(H,25,26). The van der Waals surface area contributed by atoms with Gasteiger partial charge in [0.2, 0.25) is 5.91 Å². The van der Waals surface area contributed by atoms with Crippen LogP contribution in [0.25, 0.3) is 21.8 Å². The van der Waals surface area contributed by atoms with E-state index in [0.717, 1.165) is 33.2 Å². The van der Waals surface area contributed by atoms with E-state index in [9.17, 15) is 4.79 Å². The summed E-state index contributed by atoms with van der Waals surface area (Å²) < 4.78 is 0. The molecule has 0 radical (unpaired) electrons. The maximum atomic E-state index is 12.4. The van der Waals surface area contributed by atoms with Crippen LogP contribution in [0, 0.1) is 0 Å². The van der Waals surface area contributed by atoms with Crippen molar-refractivity contribution in [3.05, 3.63) is 72.8 Å². The summed E-state index contributed by atoms with van der Waals surface area (Å²) in [5, 5.41) is 7.89. The summed E-state index contributed by atoms with van der Waals surface area (Å²) in [6, 6.07) is 15.3. The molecule has 1 amide bonds. The van der Waals surface area contributed by atoms with Crippen molar-refractivity contribution >= 4 is 33.4 Å². The van der Waals surface area contributed by atoms with Gasteiger partial charge in [-0.15, -0.1) is 0 Å². The molecule has 26 heavy (non-hydrogen) atoms. The molecule has 4 rings (SSSR count). The second-order valence-electron chi connectivity index (χ2n) is 5.87. The Hall–Kier alpha value is -3.38. The Bertz CT molecular complexity index is 1070. The first-order valence-corrected chi connectivity index (χ1v) is 8.34. The van der Waals surface area contributed by atoms with Crippen LogP contribution in [-0.4, -0.2) is 27.4 Å². The average Bonchev–Trinajstić information content (AvgIpc) is 2.69. The lowest BCUT2D eigenvalue weighted by molar-refractivity contribution is -0.115. The maximum absolute atomic E-state index is 12.4. The summed E-state index contributed by atoms with van der Waals surface area (Å²) in [4.78, 5) is 25.4. The van der Waals surface area contributed by atoms with E-state index in [1.54, 1.807) is 18.6 Å². The Labute approximate surface area is 150 Å². The first-order chi connectivity index (χ1) is 12.8. The van der Waals surface area contributed by atoms with Crippen molar-refractivity contribution in [3.8, 4) is 0 Å². The van der Waals surface area contributed by atoms with Gasteiger partial charge in [0.25, 0.3) is 0 Å². The number of hydrogen-bond acceptors (Lipinski definition) is 5. The molecule has 0 atom stereocenters. The molecular formula is C20H17N5O. The highest BCUT2D eigenvalue weighted by molar-refractivity contribution is 6.12. The van der Waals surface area contributed by atoms with Gasteiger partial charge in [0, 0.05) is 35.9 Å². The summed E-state index contributed by atoms with van der Waals surface area (Å²) in [6.45, 7) is 0.738. The predicted molar refractivity (Wildman–Crippen MR) is 102 cm³/mol. The number of nitrogens with zero attached hydrogens (tertiary/aromatic N) is 3. The van der Waals surface area contributed by atoms with Gasteiger partial charge in [0.05, 0.1) is 29.0 Å². The molecule has 3 heterocycles. The third-order valence-electron chi connectivity index (χ3n) is 4.05. The molecule has 0 fully saturated rings. The molecule has 0 aliphatic carbocycles. The fourth-order valence-electron chi connectivity index (χ4n) is 2.88. The van der Waals surface area contributed by atoms with Crippen molar-refractivity contribution < 1.29 is 4.79 Å². The Morgan fingerprint density at radius 2 is 1.69 bits per heavy atom. The fourth-order valence-corrected chi connectivity index (χ4v) is 2.88. The second-order valence-corrected chi connectivity index (χ2v) is 5.87. The number of amides is 1. The van der Waals surface area contributed by atoms with E-state index in [2.05, 4.69) is 25.6 Å². The number of nitrogens with one attached hydrogen (secondary N) is 2. The summed E-state index contributed by atoms with van der Waals surface area (Å²) in [5.41, 5.74) is 3.24. The second kappa shape index (κ2) is 7.25. The van der Waals surface area contributed by atoms with Crippen LogP contribution < -0.4 is 10.6 Å². The van der Waals surface area contributed by atoms with E-state index < -0.39 is 0 Å². The normalized spacial score (nSPS) is 10.9. The number of aromatic nitrogens is 3. The third-order valence-corrected chi connectivity index (χ3v) is 4.05. The number of fused-ring (bicyclic) bond motifs is 3. The minimum absolute atomic E-state index is 0.116. The molecule has 0 spiro atoms. The number of carbonyl (C=O) groups excluding carboxylic acids is 1. The highest BCUT2D eigenvalue weighted by Gasteiger charge is 2.10. The molecule has 2 N–H and O–H groups in total. The van der Waals surface area contributed by atoms with Gasteiger partial charge in [-0.05, 0) is 36.4 Å². The van der Waals surface area contributed by atoms with Crippen molar-refractivity contribution in [3.63, 3.8) is 0 Å². The minimum Gasteiger partial charge on any atom is -0.324 e. The van der Waals surface area contributed by atoms with E-state index in [4.69, 9.17) is 0 Å². The molecular weight excluding hydrogens is 326 g/mol. The monoisotopic (exact) mass is 343 g/mol. The van der Waals surface area contributed by atoms with Crippen LogP contribution in [0.15, 0.2) is 67.1 Å². The Morgan fingerprint density at radius 3 is 2.54 bits per heavy atom. The molecule has 6 nitrogen and oxygen atoms in total. The SMILES string of the molecule is O=C(CNCc1ccccn1)Nc1cc2cccnc2c2ncccc12. The minimum atomic E-state index is -0.116. The molecule has 0 unspecified atom stereocenters. The van der Waals surface area contributed by atoms with Crippen molar-refractivity contribution in [1.29, 1.82) is 0 Å². The zero-order chi connectivity index (χ0) is 17.8. The van der Waals surface area contributed by atoms with Crippen molar-refractivity contribution in [2.45, 2.75) is 6.54 Å². The van der Waals surface area contributed by atoms with Gasteiger partial charge in [-0.1, -0.05) is 12.1 Å². The van der Waals surface area contributed by atoms with Crippen LogP contribution in [0.1, 0.15) is 5.69 Å². The lowest BCUT2D eigenvalue weighted by Crippen LogP contribution is -2.28. The molecule has 0 aliphatic heterocycles. The van der Waals surface area contributed by atoms with Gasteiger partial charge < -0.3 is 10.6 Å². The van der Waals surface area contributed by atoms with Gasteiger partial charge in [0.15, 0.2) is 0 Å². The molecule has 0 saturated heterocycles. The van der Waals surface area contributed by atoms with Crippen molar-refractivity contribution in [1.82, 2.24) is 20.3 Å². The molecule has 0 bridgehead atoms. The number of benzene rings is 1. The highest BCUT2D eigenvalue weighted by atomic mass is 16.1. The molecule has 0 saturated carbocycles. The van der Waals surface area contributed by atoms with E-state index >= 15 is 0 Å². The smallest absolute Gasteiger partial charge is 0.238 e. The maximum Gasteiger partial charge on any atom is 0.238 e. The predicted octanol–water partition coefficient (Wildman–Crippen LogP) is 2.91. The van der Waals surface area contributed by atoms with Gasteiger partial charge >= 0.3 is 0 Å².